The van der Waals surface area contributed by atoms with E-state index in [0.29, 0.717) is 5.57 Å². The number of carboxylic acid groups (broad SMARTS) is 1. The fourth-order valence-corrected chi connectivity index (χ4v) is 2.15. The van der Waals surface area contributed by atoms with E-state index in [0.717, 1.165) is 17.2 Å². The molecule has 0 heterocycles. The molecular weight excluding hydrogens is 265 g/mol. The van der Waals surface area contributed by atoms with Gasteiger partial charge in [0.1, 0.15) is 0 Å². The van der Waals surface area contributed by atoms with Crippen LogP contribution in [0.5, 0.6) is 0 Å². The third kappa shape index (κ3) is 2.20. The lowest BCUT2D eigenvalue weighted by Crippen LogP contribution is -2.39. The molecule has 0 radical (unpaired) electrons. The Labute approximate surface area is 114 Å². The summed E-state index contributed by atoms with van der Waals surface area (Å²) in [6, 6.07) is 7.15. The molecule has 0 aliphatic heterocycles. The van der Waals surface area contributed by atoms with Gasteiger partial charge in [0.25, 0.3) is 11.4 Å². The van der Waals surface area contributed by atoms with Crippen LogP contribution in [0.4, 0.5) is 4.39 Å². The Kier molecular flexibility index (Phi) is 3.40. The molecule has 1 aromatic rings. The fourth-order valence-electron chi connectivity index (χ4n) is 2.15. The van der Waals surface area contributed by atoms with Crippen LogP contribution in [0.15, 0.2) is 42.1 Å². The Morgan fingerprint density at radius 3 is 2.65 bits per heavy atom. The molecule has 5 nitrogen and oxygen atoms in total. The molecule has 0 aromatic heterocycles. The summed E-state index contributed by atoms with van der Waals surface area (Å²) in [4.78, 5) is 20.9. The van der Waals surface area contributed by atoms with E-state index in [2.05, 4.69) is 0 Å². The number of rotatable bonds is 3. The molecule has 0 amide bonds. The van der Waals surface area contributed by atoms with E-state index in [9.17, 15) is 19.3 Å². The first-order valence-electron chi connectivity index (χ1n) is 5.91. The zero-order valence-electron chi connectivity index (χ0n) is 10.7. The molecule has 6 heteroatoms. The molecule has 0 fully saturated rings. The minimum atomic E-state index is -2.98. The van der Waals surface area contributed by atoms with Crippen molar-refractivity contribution in [3.05, 3.63) is 63.4 Å². The van der Waals surface area contributed by atoms with Crippen molar-refractivity contribution in [2.45, 2.75) is 19.0 Å². The molecule has 0 saturated carbocycles. The molecule has 0 saturated heterocycles. The summed E-state index contributed by atoms with van der Waals surface area (Å²) in [5, 5.41) is 19.8. The number of alkyl halides is 1. The van der Waals surface area contributed by atoms with Crippen LogP contribution in [0.3, 0.4) is 0 Å². The van der Waals surface area contributed by atoms with Gasteiger partial charge in [0.15, 0.2) is 0 Å². The first-order valence-corrected chi connectivity index (χ1v) is 5.91. The Balaban J connectivity index is 2.52. The normalized spacial score (nSPS) is 21.9. The first kappa shape index (κ1) is 13.9. The Morgan fingerprint density at radius 2 is 2.10 bits per heavy atom. The lowest BCUT2D eigenvalue weighted by Gasteiger charge is -2.21. The number of benzene rings is 1. The maximum Gasteiger partial charge on any atom is 0.353 e. The second-order valence-corrected chi connectivity index (χ2v) is 4.57. The third-order valence-corrected chi connectivity index (χ3v) is 3.29. The van der Waals surface area contributed by atoms with Crippen molar-refractivity contribution in [1.82, 2.24) is 0 Å². The summed E-state index contributed by atoms with van der Waals surface area (Å²) in [5.41, 5.74) is -1.86. The first-order chi connectivity index (χ1) is 9.36. The van der Waals surface area contributed by atoms with Gasteiger partial charge in [-0.15, -0.1) is 0 Å². The smallest absolute Gasteiger partial charge is 0.353 e. The standard InChI is InChI=1S/C14H12FNO4/c1-9-4-2-3-5-11(9)10-6-7-14(15,13(17)18)12(8-10)16(19)20/h2-6,8H,7H2,1H3,(H,17,18). The predicted octanol–water partition coefficient (Wildman–Crippen LogP) is 2.74. The van der Waals surface area contributed by atoms with Crippen LogP contribution in [-0.4, -0.2) is 21.7 Å². The van der Waals surface area contributed by atoms with Gasteiger partial charge < -0.3 is 5.11 Å². The number of nitrogens with zero attached hydrogens (tertiary/aromatic N) is 1. The van der Waals surface area contributed by atoms with Gasteiger partial charge in [-0.25, -0.2) is 9.18 Å². The lowest BCUT2D eigenvalue weighted by atomic mass is 9.87. The van der Waals surface area contributed by atoms with E-state index >= 15 is 0 Å². The number of allylic oxidation sites excluding steroid dienone is 3. The second-order valence-electron chi connectivity index (χ2n) is 4.57. The zero-order valence-corrected chi connectivity index (χ0v) is 10.7. The molecule has 1 unspecified atom stereocenters. The second kappa shape index (κ2) is 4.88. The average molecular weight is 277 g/mol. The Hall–Kier alpha value is -2.50. The third-order valence-electron chi connectivity index (χ3n) is 3.29. The van der Waals surface area contributed by atoms with Crippen LogP contribution >= 0.6 is 0 Å². The highest BCUT2D eigenvalue weighted by Gasteiger charge is 2.51. The monoisotopic (exact) mass is 277 g/mol. The lowest BCUT2D eigenvalue weighted by molar-refractivity contribution is -0.438. The Bertz CT molecular complexity index is 650. The van der Waals surface area contributed by atoms with Crippen LogP contribution in [0.2, 0.25) is 0 Å². The van der Waals surface area contributed by atoms with Gasteiger partial charge in [-0.1, -0.05) is 30.3 Å². The number of carboxylic acids is 1. The van der Waals surface area contributed by atoms with Gasteiger partial charge in [0.05, 0.1) is 4.92 Å². The van der Waals surface area contributed by atoms with Gasteiger partial charge in [-0.05, 0) is 23.6 Å². The van der Waals surface area contributed by atoms with Gasteiger partial charge in [0, 0.05) is 12.5 Å². The largest absolute Gasteiger partial charge is 0.478 e. The molecule has 1 N–H and O–H groups in total. The highest BCUT2D eigenvalue weighted by molar-refractivity contribution is 5.87. The van der Waals surface area contributed by atoms with Gasteiger partial charge in [-0.2, -0.15) is 0 Å². The summed E-state index contributed by atoms with van der Waals surface area (Å²) in [7, 11) is 0. The predicted molar refractivity (Wildman–Crippen MR) is 70.3 cm³/mol. The molecule has 2 rings (SSSR count). The average Bonchev–Trinajstić information content (AvgIpc) is 2.39. The highest BCUT2D eigenvalue weighted by Crippen LogP contribution is 2.36. The van der Waals surface area contributed by atoms with Crippen molar-refractivity contribution in [2.75, 3.05) is 0 Å². The van der Waals surface area contributed by atoms with Crippen molar-refractivity contribution in [3.8, 4) is 0 Å². The van der Waals surface area contributed by atoms with Gasteiger partial charge >= 0.3 is 5.97 Å². The summed E-state index contributed by atoms with van der Waals surface area (Å²) < 4.78 is 14.2. The maximum absolute atomic E-state index is 14.2. The minimum absolute atomic E-state index is 0.462. The number of halogens is 1. The number of hydrogen-bond donors (Lipinski definition) is 1. The van der Waals surface area contributed by atoms with E-state index in [1.807, 2.05) is 19.1 Å². The van der Waals surface area contributed by atoms with Crippen LogP contribution in [0.1, 0.15) is 17.5 Å². The van der Waals surface area contributed by atoms with E-state index in [1.165, 1.54) is 6.08 Å². The number of nitro groups is 1. The van der Waals surface area contributed by atoms with Crippen molar-refractivity contribution in [2.24, 2.45) is 0 Å². The van der Waals surface area contributed by atoms with Crippen molar-refractivity contribution in [3.63, 3.8) is 0 Å². The van der Waals surface area contributed by atoms with Crippen molar-refractivity contribution in [1.29, 1.82) is 0 Å². The van der Waals surface area contributed by atoms with Crippen LogP contribution in [0, 0.1) is 17.0 Å². The molecule has 20 heavy (non-hydrogen) atoms. The molecular formula is C14H12FNO4. The topological polar surface area (TPSA) is 80.4 Å². The summed E-state index contributed by atoms with van der Waals surface area (Å²) >= 11 is 0. The van der Waals surface area contributed by atoms with Crippen molar-refractivity contribution < 1.29 is 19.2 Å². The SMILES string of the molecule is Cc1ccccc1C1=CCC(F)(C(=O)O)C([N+](=O)[O-])=C1. The van der Waals surface area contributed by atoms with E-state index < -0.39 is 28.7 Å². The fraction of sp³-hybridized carbons (Fsp3) is 0.214. The van der Waals surface area contributed by atoms with Crippen LogP contribution in [-0.2, 0) is 4.79 Å². The van der Waals surface area contributed by atoms with E-state index in [1.54, 1.807) is 12.1 Å². The molecule has 1 aliphatic carbocycles. The minimum Gasteiger partial charge on any atom is -0.478 e. The molecule has 0 bridgehead atoms. The van der Waals surface area contributed by atoms with Crippen molar-refractivity contribution >= 4 is 11.5 Å². The summed E-state index contributed by atoms with van der Waals surface area (Å²) in [6.45, 7) is 1.82. The number of aliphatic carboxylic acids is 1. The number of hydrogen-bond acceptors (Lipinski definition) is 3. The number of carbonyl (C=O) groups is 1. The van der Waals surface area contributed by atoms with E-state index in [-0.39, 0.29) is 0 Å². The van der Waals surface area contributed by atoms with Crippen LogP contribution in [0.25, 0.3) is 5.57 Å². The summed E-state index contributed by atoms with van der Waals surface area (Å²) in [5.74, 6) is -1.85. The molecule has 1 atom stereocenters. The molecule has 1 aliphatic rings. The molecule has 0 spiro atoms. The number of aryl methyl sites for hydroxylation is 1. The molecule has 1 aromatic carbocycles. The van der Waals surface area contributed by atoms with Crippen LogP contribution < -0.4 is 0 Å². The Morgan fingerprint density at radius 1 is 1.45 bits per heavy atom. The molecule has 104 valence electrons. The highest BCUT2D eigenvalue weighted by atomic mass is 19.1. The maximum atomic E-state index is 14.2. The van der Waals surface area contributed by atoms with Gasteiger partial charge in [0.2, 0.25) is 0 Å². The van der Waals surface area contributed by atoms with E-state index in [4.69, 9.17) is 5.11 Å². The quantitative estimate of drug-likeness (QED) is 0.680. The summed E-state index contributed by atoms with van der Waals surface area (Å²) in [6.07, 6.45) is 1.82. The van der Waals surface area contributed by atoms with Gasteiger partial charge in [-0.3, -0.25) is 10.1 Å². The zero-order chi connectivity index (χ0) is 14.9.